The quantitative estimate of drug-likeness (QED) is 0.245. The van der Waals surface area contributed by atoms with E-state index in [0.29, 0.717) is 5.56 Å². The molecular formula is C28H33N5O3. The number of nitrogens with zero attached hydrogens (tertiary/aromatic N) is 5. The van der Waals surface area contributed by atoms with Gasteiger partial charge in [-0.25, -0.2) is 15.0 Å². The van der Waals surface area contributed by atoms with Gasteiger partial charge in [0, 0.05) is 18.8 Å². The molecule has 1 aliphatic heterocycles. The molecule has 1 aliphatic rings. The maximum Gasteiger partial charge on any atom is 0.326 e. The second-order valence-corrected chi connectivity index (χ2v) is 9.48. The number of carbonyl (C=O) groups excluding carboxylic acids is 2. The third-order valence-electron chi connectivity index (χ3n) is 5.54. The lowest BCUT2D eigenvalue weighted by molar-refractivity contribution is -0.157. The van der Waals surface area contributed by atoms with Crippen LogP contribution >= 0.6 is 0 Å². The molecule has 0 N–H and O–H groups in total. The maximum absolute atomic E-state index is 13.5. The van der Waals surface area contributed by atoms with Crippen LogP contribution in [0.5, 0.6) is 0 Å². The zero-order valence-corrected chi connectivity index (χ0v) is 21.7. The zero-order valence-electron chi connectivity index (χ0n) is 21.7. The van der Waals surface area contributed by atoms with Gasteiger partial charge in [0.05, 0.1) is 30.5 Å². The lowest BCUT2D eigenvalue weighted by Crippen LogP contribution is -2.36. The fraction of sp³-hybridized carbons (Fsp3) is 0.464. The van der Waals surface area contributed by atoms with E-state index in [2.05, 4.69) is 28.4 Å². The summed E-state index contributed by atoms with van der Waals surface area (Å²) in [6, 6.07) is 9.15. The maximum atomic E-state index is 13.5. The van der Waals surface area contributed by atoms with Gasteiger partial charge in [0.1, 0.15) is 12.1 Å². The van der Waals surface area contributed by atoms with Crippen molar-refractivity contribution in [2.75, 3.05) is 24.5 Å². The molecular weight excluding hydrogens is 454 g/mol. The fourth-order valence-electron chi connectivity index (χ4n) is 3.88. The first-order valence-corrected chi connectivity index (χ1v) is 12.1. The highest BCUT2D eigenvalue weighted by Gasteiger charge is 2.40. The van der Waals surface area contributed by atoms with Crippen LogP contribution in [-0.4, -0.2) is 42.0 Å². The Bertz CT molecular complexity index is 1140. The summed E-state index contributed by atoms with van der Waals surface area (Å²) in [5, 5.41) is 9.51. The number of anilines is 1. The average molecular weight is 488 g/mol. The molecule has 188 valence electrons. The lowest BCUT2D eigenvalue weighted by Gasteiger charge is -2.25. The van der Waals surface area contributed by atoms with Gasteiger partial charge in [-0.2, -0.15) is 0 Å². The van der Waals surface area contributed by atoms with Gasteiger partial charge in [0.25, 0.3) is 5.70 Å². The Hall–Kier alpha value is -4.09. The van der Waals surface area contributed by atoms with Gasteiger partial charge in [-0.3, -0.25) is 9.59 Å². The van der Waals surface area contributed by atoms with E-state index in [9.17, 15) is 14.9 Å². The minimum atomic E-state index is -0.780. The SMILES string of the molecule is [C-]#[N+]C1=C(c2ccc(N(CCCC)CCCC)cc2)C(=O)N(CC(=O)OC(C)(C)C)/C1=C(\C#N)[N+]#[C-]. The summed E-state index contributed by atoms with van der Waals surface area (Å²) in [7, 11) is 0. The molecule has 0 saturated heterocycles. The van der Waals surface area contributed by atoms with E-state index < -0.39 is 29.7 Å². The van der Waals surface area contributed by atoms with E-state index in [0.717, 1.165) is 49.4 Å². The van der Waals surface area contributed by atoms with Crippen molar-refractivity contribution in [2.24, 2.45) is 0 Å². The van der Waals surface area contributed by atoms with Gasteiger partial charge < -0.3 is 14.5 Å². The minimum absolute atomic E-state index is 0.0696. The Labute approximate surface area is 214 Å². The molecule has 8 heteroatoms. The number of amides is 1. The molecule has 1 amide bonds. The molecule has 0 aliphatic carbocycles. The Balaban J connectivity index is 2.52. The van der Waals surface area contributed by atoms with Crippen molar-refractivity contribution in [1.82, 2.24) is 4.90 Å². The summed E-state index contributed by atoms with van der Waals surface area (Å²) in [4.78, 5) is 36.1. The van der Waals surface area contributed by atoms with Crippen molar-refractivity contribution >= 4 is 23.1 Å². The van der Waals surface area contributed by atoms with Crippen molar-refractivity contribution in [3.63, 3.8) is 0 Å². The average Bonchev–Trinajstić information content (AvgIpc) is 3.10. The second kappa shape index (κ2) is 12.6. The standard InChI is InChI=1S/C28H33N5O3/c1-8-10-16-32(17-11-9-2)21-14-12-20(13-15-21)24-25(31-7)26(22(18-29)30-6)33(27(24)35)19-23(34)36-28(3,4)5/h12-15H,8-11,16-17,19H2,1-5H3/b26-22+. The number of rotatable bonds is 10. The number of esters is 1. The van der Waals surface area contributed by atoms with Crippen LogP contribution in [0.4, 0.5) is 5.69 Å². The first-order valence-electron chi connectivity index (χ1n) is 12.1. The molecule has 0 spiro atoms. The lowest BCUT2D eigenvalue weighted by atomic mass is 10.0. The number of allylic oxidation sites excluding steroid dienone is 1. The van der Waals surface area contributed by atoms with Gasteiger partial charge in [0.15, 0.2) is 0 Å². The minimum Gasteiger partial charge on any atom is -0.459 e. The Morgan fingerprint density at radius 3 is 2.14 bits per heavy atom. The topological polar surface area (TPSA) is 82.4 Å². The predicted molar refractivity (Wildman–Crippen MR) is 139 cm³/mol. The van der Waals surface area contributed by atoms with E-state index in [-0.39, 0.29) is 17.0 Å². The van der Waals surface area contributed by atoms with Gasteiger partial charge in [-0.1, -0.05) is 38.8 Å². The first-order chi connectivity index (χ1) is 17.1. The largest absolute Gasteiger partial charge is 0.459 e. The van der Waals surface area contributed by atoms with Crippen LogP contribution < -0.4 is 4.90 Å². The second-order valence-electron chi connectivity index (χ2n) is 9.48. The molecule has 0 saturated carbocycles. The Morgan fingerprint density at radius 1 is 1.11 bits per heavy atom. The highest BCUT2D eigenvalue weighted by atomic mass is 16.6. The normalized spacial score (nSPS) is 14.7. The summed E-state index contributed by atoms with van der Waals surface area (Å²) in [5.41, 5.74) is 0.124. The van der Waals surface area contributed by atoms with Gasteiger partial charge in [-0.15, -0.1) is 0 Å². The molecule has 0 bridgehead atoms. The van der Waals surface area contributed by atoms with Crippen LogP contribution in [0, 0.1) is 24.5 Å². The number of carbonyl (C=O) groups is 2. The zero-order chi connectivity index (χ0) is 26.9. The summed E-state index contributed by atoms with van der Waals surface area (Å²) in [5.74, 6) is -1.31. The van der Waals surface area contributed by atoms with Crippen molar-refractivity contribution < 1.29 is 14.3 Å². The summed E-state index contributed by atoms with van der Waals surface area (Å²) >= 11 is 0. The van der Waals surface area contributed by atoms with Gasteiger partial charge in [-0.05, 0) is 51.3 Å². The van der Waals surface area contributed by atoms with Crippen molar-refractivity contribution in [1.29, 1.82) is 5.26 Å². The number of benzene rings is 1. The van der Waals surface area contributed by atoms with Gasteiger partial charge >= 0.3 is 5.97 Å². The number of nitriles is 1. The molecule has 36 heavy (non-hydrogen) atoms. The molecule has 0 atom stereocenters. The van der Waals surface area contributed by atoms with Crippen LogP contribution in [0.25, 0.3) is 15.3 Å². The molecule has 0 unspecified atom stereocenters. The van der Waals surface area contributed by atoms with Gasteiger partial charge in [0.2, 0.25) is 11.6 Å². The molecule has 0 fully saturated rings. The highest BCUT2D eigenvalue weighted by molar-refractivity contribution is 6.25. The number of unbranched alkanes of at least 4 members (excludes halogenated alkanes) is 2. The number of ether oxygens (including phenoxy) is 1. The smallest absolute Gasteiger partial charge is 0.326 e. The van der Waals surface area contributed by atoms with Crippen LogP contribution in [0.1, 0.15) is 65.9 Å². The molecule has 0 aromatic heterocycles. The van der Waals surface area contributed by atoms with E-state index in [1.54, 1.807) is 39.0 Å². The molecule has 1 aromatic carbocycles. The number of hydrogen-bond donors (Lipinski definition) is 0. The Kier molecular flexibility index (Phi) is 9.83. The van der Waals surface area contributed by atoms with Crippen LogP contribution in [-0.2, 0) is 14.3 Å². The van der Waals surface area contributed by atoms with E-state index in [1.165, 1.54) is 0 Å². The highest BCUT2D eigenvalue weighted by Crippen LogP contribution is 2.39. The molecule has 0 radical (unpaired) electrons. The van der Waals surface area contributed by atoms with Crippen LogP contribution in [0.15, 0.2) is 41.4 Å². The van der Waals surface area contributed by atoms with Crippen LogP contribution in [0.3, 0.4) is 0 Å². The van der Waals surface area contributed by atoms with Crippen molar-refractivity contribution in [3.05, 3.63) is 69.8 Å². The van der Waals surface area contributed by atoms with E-state index >= 15 is 0 Å². The van der Waals surface area contributed by atoms with Crippen molar-refractivity contribution in [3.8, 4) is 6.07 Å². The molecule has 2 rings (SSSR count). The summed E-state index contributed by atoms with van der Waals surface area (Å²) in [6.45, 7) is 25.9. The first kappa shape index (κ1) is 28.1. The summed E-state index contributed by atoms with van der Waals surface area (Å²) < 4.78 is 5.34. The number of hydrogen-bond acceptors (Lipinski definition) is 5. The third kappa shape index (κ3) is 6.74. The monoisotopic (exact) mass is 487 g/mol. The Morgan fingerprint density at radius 2 is 1.69 bits per heavy atom. The van der Waals surface area contributed by atoms with Crippen molar-refractivity contribution in [2.45, 2.75) is 65.9 Å². The fourth-order valence-corrected chi connectivity index (χ4v) is 3.88. The van der Waals surface area contributed by atoms with Crippen LogP contribution in [0.2, 0.25) is 0 Å². The predicted octanol–water partition coefficient (Wildman–Crippen LogP) is 5.56. The molecule has 1 heterocycles. The summed E-state index contributed by atoms with van der Waals surface area (Å²) in [6.07, 6.45) is 4.30. The molecule has 8 nitrogen and oxygen atoms in total. The van der Waals surface area contributed by atoms with E-state index in [1.807, 2.05) is 12.1 Å². The van der Waals surface area contributed by atoms with E-state index in [4.69, 9.17) is 17.9 Å². The third-order valence-corrected chi connectivity index (χ3v) is 5.54. The molecule has 1 aromatic rings.